The van der Waals surface area contributed by atoms with Crippen LogP contribution in [0.15, 0.2) is 18.5 Å². The largest absolute Gasteiger partial charge is 0.325 e. The first-order valence-electron chi connectivity index (χ1n) is 3.50. The Kier molecular flexibility index (Phi) is 1.71. The first-order chi connectivity index (χ1) is 5.83. The van der Waals surface area contributed by atoms with E-state index >= 15 is 0 Å². The molecule has 0 atom stereocenters. The predicted octanol–water partition coefficient (Wildman–Crippen LogP) is 0.841. The molecular weight excluding hydrogens is 176 g/mol. The Labute approximate surface area is 74.0 Å². The van der Waals surface area contributed by atoms with Crippen molar-refractivity contribution in [3.05, 3.63) is 29.2 Å². The van der Waals surface area contributed by atoms with Gasteiger partial charge in [-0.2, -0.15) is 5.10 Å². The fraction of sp³-hybridized carbons (Fsp3) is 0.143. The van der Waals surface area contributed by atoms with Crippen LogP contribution in [0.25, 0.3) is 5.65 Å². The molecule has 0 radical (unpaired) electrons. The summed E-state index contributed by atoms with van der Waals surface area (Å²) in [6.07, 6.45) is 3.45. The third-order valence-electron chi connectivity index (χ3n) is 1.60. The molecule has 62 valence electrons. The number of hydrogen-bond donors (Lipinski definition) is 1. The van der Waals surface area contributed by atoms with Crippen LogP contribution in [0.3, 0.4) is 0 Å². The van der Waals surface area contributed by atoms with Gasteiger partial charge < -0.3 is 5.73 Å². The summed E-state index contributed by atoms with van der Waals surface area (Å²) in [6, 6.07) is 1.79. The molecule has 2 aromatic heterocycles. The topological polar surface area (TPSA) is 56.2 Å². The van der Waals surface area contributed by atoms with Crippen LogP contribution in [0.2, 0.25) is 5.02 Å². The molecule has 2 heterocycles. The Morgan fingerprint density at radius 2 is 2.42 bits per heavy atom. The third-order valence-corrected chi connectivity index (χ3v) is 1.99. The van der Waals surface area contributed by atoms with E-state index in [2.05, 4.69) is 10.1 Å². The van der Waals surface area contributed by atoms with E-state index in [1.54, 1.807) is 23.0 Å². The Balaban J connectivity index is 2.78. The zero-order chi connectivity index (χ0) is 8.55. The van der Waals surface area contributed by atoms with E-state index in [1.807, 2.05) is 0 Å². The monoisotopic (exact) mass is 182 g/mol. The molecule has 2 rings (SSSR count). The first-order valence-corrected chi connectivity index (χ1v) is 3.88. The lowest BCUT2D eigenvalue weighted by Crippen LogP contribution is -1.97. The maximum Gasteiger partial charge on any atom is 0.174 e. The number of rotatable bonds is 1. The number of fused-ring (bicyclic) bond motifs is 1. The van der Waals surface area contributed by atoms with Gasteiger partial charge in [0.25, 0.3) is 0 Å². The average molecular weight is 183 g/mol. The summed E-state index contributed by atoms with van der Waals surface area (Å²) < 4.78 is 1.62. The van der Waals surface area contributed by atoms with Gasteiger partial charge in [0, 0.05) is 18.9 Å². The molecule has 12 heavy (non-hydrogen) atoms. The normalized spacial score (nSPS) is 10.8. The summed E-state index contributed by atoms with van der Waals surface area (Å²) in [5.41, 5.74) is 6.76. The van der Waals surface area contributed by atoms with Gasteiger partial charge in [-0.25, -0.2) is 9.50 Å². The second kappa shape index (κ2) is 2.73. The van der Waals surface area contributed by atoms with Crippen LogP contribution in [-0.2, 0) is 6.54 Å². The van der Waals surface area contributed by atoms with Crippen molar-refractivity contribution in [1.82, 2.24) is 14.6 Å². The molecule has 2 N–H and O–H groups in total. The molecule has 0 spiro atoms. The minimum Gasteiger partial charge on any atom is -0.325 e. The summed E-state index contributed by atoms with van der Waals surface area (Å²) in [5, 5.41) is 4.67. The molecule has 0 aliphatic rings. The summed E-state index contributed by atoms with van der Waals surface area (Å²) in [6.45, 7) is 0.336. The number of nitrogens with two attached hydrogens (primary N) is 1. The minimum absolute atomic E-state index is 0.336. The van der Waals surface area contributed by atoms with Crippen LogP contribution in [0.5, 0.6) is 0 Å². The molecule has 0 bridgehead atoms. The van der Waals surface area contributed by atoms with E-state index < -0.39 is 0 Å². The van der Waals surface area contributed by atoms with Gasteiger partial charge in [0.05, 0.1) is 5.69 Å². The maximum atomic E-state index is 5.93. The van der Waals surface area contributed by atoms with Gasteiger partial charge in [-0.1, -0.05) is 11.6 Å². The molecule has 0 fully saturated rings. The highest BCUT2D eigenvalue weighted by molar-refractivity contribution is 6.34. The second-order valence-corrected chi connectivity index (χ2v) is 2.73. The lowest BCUT2D eigenvalue weighted by atomic mass is 10.4. The molecule has 0 amide bonds. The maximum absolute atomic E-state index is 5.93. The van der Waals surface area contributed by atoms with E-state index in [1.165, 1.54) is 0 Å². The van der Waals surface area contributed by atoms with Crippen molar-refractivity contribution in [2.24, 2.45) is 5.73 Å². The third kappa shape index (κ3) is 0.964. The Morgan fingerprint density at radius 1 is 1.58 bits per heavy atom. The number of aromatic nitrogens is 3. The van der Waals surface area contributed by atoms with Gasteiger partial charge in [-0.3, -0.25) is 0 Å². The fourth-order valence-corrected chi connectivity index (χ4v) is 1.29. The Hall–Kier alpha value is -1.13. The van der Waals surface area contributed by atoms with E-state index in [9.17, 15) is 0 Å². The van der Waals surface area contributed by atoms with Gasteiger partial charge in [0.15, 0.2) is 5.65 Å². The van der Waals surface area contributed by atoms with Crippen LogP contribution >= 0.6 is 11.6 Å². The van der Waals surface area contributed by atoms with Crippen LogP contribution < -0.4 is 5.73 Å². The van der Waals surface area contributed by atoms with Crippen molar-refractivity contribution in [3.8, 4) is 0 Å². The highest BCUT2D eigenvalue weighted by Crippen LogP contribution is 2.18. The molecule has 0 saturated heterocycles. The SMILES string of the molecule is NCc1nn2cccnc2c1Cl. The van der Waals surface area contributed by atoms with Crippen LogP contribution in [-0.4, -0.2) is 14.6 Å². The Morgan fingerprint density at radius 3 is 3.08 bits per heavy atom. The highest BCUT2D eigenvalue weighted by Gasteiger charge is 2.08. The smallest absolute Gasteiger partial charge is 0.174 e. The lowest BCUT2D eigenvalue weighted by Gasteiger charge is -1.87. The van der Waals surface area contributed by atoms with Crippen molar-refractivity contribution in [2.45, 2.75) is 6.54 Å². The summed E-state index contributed by atoms with van der Waals surface area (Å²) in [7, 11) is 0. The first kappa shape index (κ1) is 7.52. The molecule has 0 saturated carbocycles. The van der Waals surface area contributed by atoms with Crippen molar-refractivity contribution in [1.29, 1.82) is 0 Å². The van der Waals surface area contributed by atoms with Gasteiger partial charge >= 0.3 is 0 Å². The molecule has 0 unspecified atom stereocenters. The van der Waals surface area contributed by atoms with E-state index in [-0.39, 0.29) is 0 Å². The molecular formula is C7H7ClN4. The number of nitrogens with zero attached hydrogens (tertiary/aromatic N) is 3. The number of halogens is 1. The van der Waals surface area contributed by atoms with E-state index in [0.717, 1.165) is 0 Å². The van der Waals surface area contributed by atoms with Crippen molar-refractivity contribution >= 4 is 17.2 Å². The highest BCUT2D eigenvalue weighted by atomic mass is 35.5. The molecule has 4 nitrogen and oxygen atoms in total. The predicted molar refractivity (Wildman–Crippen MR) is 45.9 cm³/mol. The van der Waals surface area contributed by atoms with E-state index in [0.29, 0.717) is 22.9 Å². The summed E-state index contributed by atoms with van der Waals surface area (Å²) in [4.78, 5) is 4.06. The van der Waals surface area contributed by atoms with Crippen LogP contribution in [0.4, 0.5) is 0 Å². The number of hydrogen-bond acceptors (Lipinski definition) is 3. The zero-order valence-corrected chi connectivity index (χ0v) is 6.99. The van der Waals surface area contributed by atoms with Gasteiger partial charge in [0.1, 0.15) is 5.02 Å². The summed E-state index contributed by atoms with van der Waals surface area (Å²) in [5.74, 6) is 0. The van der Waals surface area contributed by atoms with Crippen molar-refractivity contribution in [3.63, 3.8) is 0 Å². The minimum atomic E-state index is 0.336. The van der Waals surface area contributed by atoms with Crippen molar-refractivity contribution in [2.75, 3.05) is 0 Å². The van der Waals surface area contributed by atoms with Crippen molar-refractivity contribution < 1.29 is 0 Å². The van der Waals surface area contributed by atoms with Gasteiger partial charge in [-0.05, 0) is 6.07 Å². The van der Waals surface area contributed by atoms with Gasteiger partial charge in [0.2, 0.25) is 0 Å². The van der Waals surface area contributed by atoms with Crippen LogP contribution in [0, 0.1) is 0 Å². The molecule has 5 heteroatoms. The summed E-state index contributed by atoms with van der Waals surface area (Å²) >= 11 is 5.93. The standard InChI is InChI=1S/C7H7ClN4/c8-6-5(4-9)11-12-3-1-2-10-7(6)12/h1-3H,4,9H2. The molecule has 0 aliphatic carbocycles. The second-order valence-electron chi connectivity index (χ2n) is 2.35. The zero-order valence-electron chi connectivity index (χ0n) is 6.24. The fourth-order valence-electron chi connectivity index (χ4n) is 1.03. The molecule has 0 aromatic carbocycles. The Bertz CT molecular complexity index is 409. The van der Waals surface area contributed by atoms with Crippen LogP contribution in [0.1, 0.15) is 5.69 Å². The quantitative estimate of drug-likeness (QED) is 0.711. The lowest BCUT2D eigenvalue weighted by molar-refractivity contribution is 0.875. The van der Waals surface area contributed by atoms with Gasteiger partial charge in [-0.15, -0.1) is 0 Å². The van der Waals surface area contributed by atoms with E-state index in [4.69, 9.17) is 17.3 Å². The molecule has 0 aliphatic heterocycles. The average Bonchev–Trinajstić information content (AvgIpc) is 2.44. The molecule has 2 aromatic rings.